The van der Waals surface area contributed by atoms with Crippen molar-refractivity contribution in [3.05, 3.63) is 72.3 Å². The summed E-state index contributed by atoms with van der Waals surface area (Å²) in [5.41, 5.74) is 14.7. The zero-order valence-electron chi connectivity index (χ0n) is 23.4. The number of piperidine rings is 1. The van der Waals surface area contributed by atoms with Gasteiger partial charge in [0.1, 0.15) is 0 Å². The predicted molar refractivity (Wildman–Crippen MR) is 160 cm³/mol. The Morgan fingerprint density at radius 2 is 1.59 bits per heavy atom. The van der Waals surface area contributed by atoms with E-state index in [2.05, 4.69) is 59.5 Å². The van der Waals surface area contributed by atoms with E-state index in [9.17, 15) is 9.59 Å². The van der Waals surface area contributed by atoms with Gasteiger partial charge >= 0.3 is 0 Å². The third-order valence-electron chi connectivity index (χ3n) is 7.90. The molecule has 1 unspecified atom stereocenters. The number of hydrogen-bond acceptors (Lipinski definition) is 5. The number of hydrogen-bond donors (Lipinski definition) is 2. The zero-order chi connectivity index (χ0) is 27.8. The molecule has 1 saturated heterocycles. The number of anilines is 2. The van der Waals surface area contributed by atoms with Gasteiger partial charge in [-0.15, -0.1) is 0 Å². The van der Waals surface area contributed by atoms with E-state index in [0.717, 1.165) is 37.1 Å². The van der Waals surface area contributed by atoms with Crippen LogP contribution in [0.4, 0.5) is 11.4 Å². The second-order valence-corrected chi connectivity index (χ2v) is 10.3. The van der Waals surface area contributed by atoms with Crippen molar-refractivity contribution in [2.24, 2.45) is 11.5 Å². The van der Waals surface area contributed by atoms with Gasteiger partial charge in [-0.1, -0.05) is 42.8 Å². The van der Waals surface area contributed by atoms with Crippen LogP contribution in [0.1, 0.15) is 56.3 Å². The molecule has 0 aromatic heterocycles. The summed E-state index contributed by atoms with van der Waals surface area (Å²) in [5.74, 6) is 0.0966. The van der Waals surface area contributed by atoms with E-state index in [-0.39, 0.29) is 17.9 Å². The molecule has 1 heterocycles. The fraction of sp³-hybridized carbons (Fsp3) is 0.438. The zero-order valence-corrected chi connectivity index (χ0v) is 23.4. The van der Waals surface area contributed by atoms with Crippen molar-refractivity contribution in [3.8, 4) is 0 Å². The molecule has 0 radical (unpaired) electrons. The van der Waals surface area contributed by atoms with Crippen molar-refractivity contribution in [2.45, 2.75) is 58.0 Å². The summed E-state index contributed by atoms with van der Waals surface area (Å²) < 4.78 is 0. The van der Waals surface area contributed by atoms with Gasteiger partial charge in [0.2, 0.25) is 5.91 Å². The third-order valence-corrected chi connectivity index (χ3v) is 7.90. The molecule has 3 aromatic rings. The first-order chi connectivity index (χ1) is 19.0. The Kier molecular flexibility index (Phi) is 9.96. The summed E-state index contributed by atoms with van der Waals surface area (Å²) >= 11 is 0. The number of benzene rings is 3. The van der Waals surface area contributed by atoms with Gasteiger partial charge in [0.15, 0.2) is 0 Å². The van der Waals surface area contributed by atoms with Gasteiger partial charge in [-0.25, -0.2) is 0 Å². The maximum Gasteiger partial charge on any atom is 0.253 e. The van der Waals surface area contributed by atoms with Crippen molar-refractivity contribution < 1.29 is 9.59 Å². The number of rotatable bonds is 11. The van der Waals surface area contributed by atoms with Crippen LogP contribution in [0.5, 0.6) is 0 Å². The molecule has 4 N–H and O–H groups in total. The number of likely N-dealkylation sites (tertiary alicyclic amines) is 1. The number of amides is 2. The first kappa shape index (κ1) is 28.6. The van der Waals surface area contributed by atoms with Crippen LogP contribution in [-0.2, 0) is 4.79 Å². The number of nitrogens with zero attached hydrogens (tertiary/aromatic N) is 3. The van der Waals surface area contributed by atoms with Gasteiger partial charge in [0, 0.05) is 54.5 Å². The molecule has 1 aliphatic rings. The van der Waals surface area contributed by atoms with Crippen LogP contribution < -0.4 is 16.4 Å². The minimum absolute atomic E-state index is 0.0430. The molecule has 1 atom stereocenters. The van der Waals surface area contributed by atoms with Crippen molar-refractivity contribution in [1.29, 1.82) is 0 Å². The molecule has 2 amide bonds. The Balaban J connectivity index is 1.59. The summed E-state index contributed by atoms with van der Waals surface area (Å²) in [4.78, 5) is 32.1. The maximum absolute atomic E-state index is 13.0. The predicted octanol–water partition coefficient (Wildman–Crippen LogP) is 4.91. The maximum atomic E-state index is 13.0. The number of nitrogens with two attached hydrogens (primary N) is 2. The van der Waals surface area contributed by atoms with Gasteiger partial charge in [0.05, 0.1) is 6.04 Å². The van der Waals surface area contributed by atoms with Crippen molar-refractivity contribution in [2.75, 3.05) is 37.6 Å². The topological polar surface area (TPSA) is 95.9 Å². The molecule has 3 aromatic carbocycles. The van der Waals surface area contributed by atoms with E-state index in [4.69, 9.17) is 11.5 Å². The summed E-state index contributed by atoms with van der Waals surface area (Å²) in [6.45, 7) is 7.35. The normalized spacial score (nSPS) is 14.8. The Bertz CT molecular complexity index is 1230. The van der Waals surface area contributed by atoms with Crippen LogP contribution in [0.2, 0.25) is 0 Å². The third kappa shape index (κ3) is 6.60. The molecule has 39 heavy (non-hydrogen) atoms. The minimum Gasteiger partial charge on any atom is -0.341 e. The number of carbonyl (C=O) groups excluding carboxylic acids is 2. The highest BCUT2D eigenvalue weighted by Crippen LogP contribution is 2.37. The quantitative estimate of drug-likeness (QED) is 0.344. The Hall–Kier alpha value is -3.42. The highest BCUT2D eigenvalue weighted by atomic mass is 16.2. The minimum atomic E-state index is -0.460. The van der Waals surface area contributed by atoms with Gasteiger partial charge in [0.25, 0.3) is 5.91 Å². The molecular weight excluding hydrogens is 486 g/mol. The SMILES string of the molecule is CCN(CC)C(=O)c1ccc(N(c2cccc3ccccc23)C2CCN(C(=O)C(N)CCCCN)CC2)cc1. The molecule has 0 spiro atoms. The Morgan fingerprint density at radius 1 is 0.923 bits per heavy atom. The highest BCUT2D eigenvalue weighted by molar-refractivity contribution is 5.97. The smallest absolute Gasteiger partial charge is 0.253 e. The first-order valence-electron chi connectivity index (χ1n) is 14.4. The molecular formula is C32H43N5O2. The van der Waals surface area contributed by atoms with Gasteiger partial charge in [-0.2, -0.15) is 0 Å². The van der Waals surface area contributed by atoms with E-state index in [1.54, 1.807) is 0 Å². The molecule has 0 aliphatic carbocycles. The molecule has 1 fully saturated rings. The number of carbonyl (C=O) groups is 2. The molecule has 208 valence electrons. The fourth-order valence-electron chi connectivity index (χ4n) is 5.63. The fourth-order valence-corrected chi connectivity index (χ4v) is 5.63. The number of fused-ring (bicyclic) bond motifs is 1. The summed E-state index contributed by atoms with van der Waals surface area (Å²) in [6.07, 6.45) is 4.12. The number of unbranched alkanes of at least 4 members (excludes halogenated alkanes) is 1. The van der Waals surface area contributed by atoms with Crippen molar-refractivity contribution in [1.82, 2.24) is 9.80 Å². The van der Waals surface area contributed by atoms with Crippen molar-refractivity contribution in [3.63, 3.8) is 0 Å². The summed E-state index contributed by atoms with van der Waals surface area (Å²) in [5, 5.41) is 2.37. The van der Waals surface area contributed by atoms with Crippen LogP contribution in [0.15, 0.2) is 66.7 Å². The van der Waals surface area contributed by atoms with Gasteiger partial charge in [-0.3, -0.25) is 9.59 Å². The summed E-state index contributed by atoms with van der Waals surface area (Å²) in [6, 6.07) is 22.6. The molecule has 0 saturated carbocycles. The lowest BCUT2D eigenvalue weighted by molar-refractivity contribution is -0.133. The molecule has 7 nitrogen and oxygen atoms in total. The molecule has 0 bridgehead atoms. The summed E-state index contributed by atoms with van der Waals surface area (Å²) in [7, 11) is 0. The van der Waals surface area contributed by atoms with E-state index >= 15 is 0 Å². The van der Waals surface area contributed by atoms with E-state index in [1.165, 1.54) is 10.8 Å². The van der Waals surface area contributed by atoms with E-state index in [1.807, 2.05) is 35.8 Å². The standard InChI is InChI=1S/C32H43N5O2/c1-3-35(4-2)31(38)25-15-17-26(18-16-25)37(30-14-9-11-24-10-5-6-12-28(24)30)27-19-22-36(23-20-27)32(39)29(34)13-7-8-21-33/h5-6,9-12,14-18,27,29H,3-4,7-8,13,19-23,33-34H2,1-2H3. The van der Waals surface area contributed by atoms with E-state index in [0.29, 0.717) is 44.7 Å². The lowest BCUT2D eigenvalue weighted by Gasteiger charge is -2.41. The second-order valence-electron chi connectivity index (χ2n) is 10.3. The van der Waals surface area contributed by atoms with Crippen LogP contribution in [0.25, 0.3) is 10.8 Å². The monoisotopic (exact) mass is 529 g/mol. The van der Waals surface area contributed by atoms with Crippen LogP contribution >= 0.6 is 0 Å². The lowest BCUT2D eigenvalue weighted by Crippen LogP contribution is -2.50. The van der Waals surface area contributed by atoms with Crippen LogP contribution in [-0.4, -0.2) is 66.4 Å². The molecule has 7 heteroatoms. The first-order valence-corrected chi connectivity index (χ1v) is 14.4. The average molecular weight is 530 g/mol. The molecule has 1 aliphatic heterocycles. The van der Waals surface area contributed by atoms with Gasteiger partial charge < -0.3 is 26.2 Å². The largest absolute Gasteiger partial charge is 0.341 e. The van der Waals surface area contributed by atoms with Crippen LogP contribution in [0.3, 0.4) is 0 Å². The van der Waals surface area contributed by atoms with Gasteiger partial charge in [-0.05, 0) is 81.8 Å². The Labute approximate surface area is 232 Å². The lowest BCUT2D eigenvalue weighted by atomic mass is 9.98. The highest BCUT2D eigenvalue weighted by Gasteiger charge is 2.30. The molecule has 4 rings (SSSR count). The van der Waals surface area contributed by atoms with E-state index < -0.39 is 6.04 Å². The second kappa shape index (κ2) is 13.6. The Morgan fingerprint density at radius 3 is 2.26 bits per heavy atom. The van der Waals surface area contributed by atoms with Crippen molar-refractivity contribution >= 4 is 34.0 Å². The van der Waals surface area contributed by atoms with Crippen LogP contribution in [0, 0.1) is 0 Å². The average Bonchev–Trinajstić information content (AvgIpc) is 2.98.